The lowest BCUT2D eigenvalue weighted by Crippen LogP contribution is -1.92. The summed E-state index contributed by atoms with van der Waals surface area (Å²) in [6.07, 6.45) is 1.73. The van der Waals surface area contributed by atoms with Gasteiger partial charge in [-0.3, -0.25) is 4.99 Å². The molecule has 0 unspecified atom stereocenters. The number of aromatic nitrogens is 2. The van der Waals surface area contributed by atoms with E-state index in [1.165, 1.54) is 0 Å². The molecule has 0 spiro atoms. The average Bonchev–Trinajstić information content (AvgIpc) is 2.88. The molecule has 0 aliphatic carbocycles. The number of thioether (sulfide) groups is 1. The van der Waals surface area contributed by atoms with Crippen LogP contribution in [-0.2, 0) is 0 Å². The van der Waals surface area contributed by atoms with E-state index >= 15 is 0 Å². The van der Waals surface area contributed by atoms with Gasteiger partial charge in [0, 0.05) is 17.9 Å². The first-order valence-electron chi connectivity index (χ1n) is 4.55. The first kappa shape index (κ1) is 8.05. The summed E-state index contributed by atoms with van der Waals surface area (Å²) in [7, 11) is 0. The molecule has 1 aromatic carbocycles. The molecule has 0 radical (unpaired) electrons. The zero-order chi connectivity index (χ0) is 9.38. The number of aromatic amines is 1. The van der Waals surface area contributed by atoms with Crippen LogP contribution in [0.4, 0.5) is 0 Å². The van der Waals surface area contributed by atoms with Crippen molar-refractivity contribution in [1.29, 1.82) is 0 Å². The molecule has 0 amide bonds. The van der Waals surface area contributed by atoms with E-state index in [2.05, 4.69) is 21.0 Å². The minimum Gasteiger partial charge on any atom is -0.345 e. The third-order valence-corrected chi connectivity index (χ3v) is 3.27. The number of hydrogen-bond donors (Lipinski definition) is 1. The standard InChI is InChI=1S/C10H9N3S/c1-2-7(10-11-4-5-14-10)9-8(3-1)12-6-13-9/h1-3,6H,4-5H2,(H,12,13). The van der Waals surface area contributed by atoms with Crippen LogP contribution in [0.25, 0.3) is 11.0 Å². The molecule has 2 aromatic rings. The van der Waals surface area contributed by atoms with Gasteiger partial charge < -0.3 is 4.98 Å². The van der Waals surface area contributed by atoms with Gasteiger partial charge >= 0.3 is 0 Å². The predicted octanol–water partition coefficient (Wildman–Crippen LogP) is 2.06. The minimum atomic E-state index is 0.931. The van der Waals surface area contributed by atoms with Crippen molar-refractivity contribution in [3.05, 3.63) is 30.1 Å². The fourth-order valence-electron chi connectivity index (χ4n) is 1.64. The smallest absolute Gasteiger partial charge is 0.1000 e. The van der Waals surface area contributed by atoms with Crippen LogP contribution < -0.4 is 0 Å². The third kappa shape index (κ3) is 1.14. The van der Waals surface area contributed by atoms with Crippen molar-refractivity contribution in [2.75, 3.05) is 12.3 Å². The van der Waals surface area contributed by atoms with Crippen LogP contribution in [0, 0.1) is 0 Å². The van der Waals surface area contributed by atoms with Crippen LogP contribution in [0.1, 0.15) is 5.56 Å². The summed E-state index contributed by atoms with van der Waals surface area (Å²) in [5, 5.41) is 1.13. The van der Waals surface area contributed by atoms with Crippen LogP contribution in [0.15, 0.2) is 29.5 Å². The molecule has 14 heavy (non-hydrogen) atoms. The molecule has 1 N–H and O–H groups in total. The summed E-state index contributed by atoms with van der Waals surface area (Å²) in [6.45, 7) is 0.931. The molecule has 3 rings (SSSR count). The summed E-state index contributed by atoms with van der Waals surface area (Å²) in [6, 6.07) is 6.16. The molecule has 0 saturated carbocycles. The molecule has 70 valence electrons. The van der Waals surface area contributed by atoms with Gasteiger partial charge in [0.05, 0.1) is 22.4 Å². The molecule has 0 fully saturated rings. The molecule has 1 aliphatic heterocycles. The second-order valence-corrected chi connectivity index (χ2v) is 4.22. The molecular formula is C10H9N3S. The number of imidazole rings is 1. The lowest BCUT2D eigenvalue weighted by atomic mass is 10.2. The second-order valence-electron chi connectivity index (χ2n) is 3.14. The topological polar surface area (TPSA) is 41.0 Å². The van der Waals surface area contributed by atoms with E-state index in [-0.39, 0.29) is 0 Å². The quantitative estimate of drug-likeness (QED) is 0.770. The molecule has 2 heterocycles. The Balaban J connectivity index is 2.24. The first-order valence-corrected chi connectivity index (χ1v) is 5.53. The fourth-order valence-corrected chi connectivity index (χ4v) is 2.51. The van der Waals surface area contributed by atoms with Gasteiger partial charge in [0.2, 0.25) is 0 Å². The molecule has 1 aromatic heterocycles. The minimum absolute atomic E-state index is 0.931. The van der Waals surface area contributed by atoms with Crippen LogP contribution in [0.5, 0.6) is 0 Å². The molecule has 0 atom stereocenters. The van der Waals surface area contributed by atoms with E-state index < -0.39 is 0 Å². The van der Waals surface area contributed by atoms with Crippen LogP contribution in [0.2, 0.25) is 0 Å². The maximum Gasteiger partial charge on any atom is 0.1000 e. The van der Waals surface area contributed by atoms with Crippen LogP contribution in [-0.4, -0.2) is 27.3 Å². The maximum absolute atomic E-state index is 4.46. The molecule has 0 saturated heterocycles. The van der Waals surface area contributed by atoms with E-state index in [9.17, 15) is 0 Å². The number of fused-ring (bicyclic) bond motifs is 1. The van der Waals surface area contributed by atoms with Crippen molar-refractivity contribution in [3.63, 3.8) is 0 Å². The number of nitrogens with one attached hydrogen (secondary N) is 1. The zero-order valence-electron chi connectivity index (χ0n) is 7.53. The Morgan fingerprint density at radius 3 is 3.21 bits per heavy atom. The number of aliphatic imine (C=N–C) groups is 1. The monoisotopic (exact) mass is 203 g/mol. The zero-order valence-corrected chi connectivity index (χ0v) is 8.34. The SMILES string of the molecule is c1cc(C2=NCCS2)c2nc[nH]c2c1. The summed E-state index contributed by atoms with van der Waals surface area (Å²) >= 11 is 1.81. The van der Waals surface area contributed by atoms with Crippen LogP contribution >= 0.6 is 11.8 Å². The number of H-pyrrole nitrogens is 1. The van der Waals surface area contributed by atoms with Gasteiger partial charge in [-0.1, -0.05) is 6.07 Å². The van der Waals surface area contributed by atoms with E-state index in [1.807, 2.05) is 23.9 Å². The maximum atomic E-state index is 4.46. The van der Waals surface area contributed by atoms with Crippen molar-refractivity contribution in [3.8, 4) is 0 Å². The van der Waals surface area contributed by atoms with Gasteiger partial charge in [-0.2, -0.15) is 0 Å². The number of para-hydroxylation sites is 1. The average molecular weight is 203 g/mol. The first-order chi connectivity index (χ1) is 6.95. The Morgan fingerprint density at radius 1 is 1.36 bits per heavy atom. The Bertz CT molecular complexity index is 501. The molecular weight excluding hydrogens is 194 g/mol. The fraction of sp³-hybridized carbons (Fsp3) is 0.200. The Morgan fingerprint density at radius 2 is 2.36 bits per heavy atom. The lowest BCUT2D eigenvalue weighted by Gasteiger charge is -1.99. The predicted molar refractivity (Wildman–Crippen MR) is 60.0 cm³/mol. The Hall–Kier alpha value is -1.29. The van der Waals surface area contributed by atoms with E-state index in [1.54, 1.807) is 6.33 Å². The van der Waals surface area contributed by atoms with Crippen molar-refractivity contribution >= 4 is 27.8 Å². The van der Waals surface area contributed by atoms with Gasteiger partial charge in [0.15, 0.2) is 0 Å². The highest BCUT2D eigenvalue weighted by molar-refractivity contribution is 8.14. The van der Waals surface area contributed by atoms with Gasteiger partial charge in [-0.05, 0) is 12.1 Å². The summed E-state index contributed by atoms with van der Waals surface area (Å²) in [5.41, 5.74) is 3.27. The molecule has 4 heteroatoms. The van der Waals surface area contributed by atoms with E-state index in [0.717, 1.165) is 33.9 Å². The van der Waals surface area contributed by atoms with Gasteiger partial charge in [-0.25, -0.2) is 4.98 Å². The van der Waals surface area contributed by atoms with Gasteiger partial charge in [0.25, 0.3) is 0 Å². The van der Waals surface area contributed by atoms with Gasteiger partial charge in [0.1, 0.15) is 0 Å². The third-order valence-electron chi connectivity index (χ3n) is 2.27. The Labute approximate surface area is 85.6 Å². The summed E-state index contributed by atoms with van der Waals surface area (Å²) < 4.78 is 0. The van der Waals surface area contributed by atoms with E-state index in [0.29, 0.717) is 0 Å². The van der Waals surface area contributed by atoms with Gasteiger partial charge in [-0.15, -0.1) is 11.8 Å². The molecule has 1 aliphatic rings. The highest BCUT2D eigenvalue weighted by atomic mass is 32.2. The normalized spacial score (nSPS) is 16.1. The van der Waals surface area contributed by atoms with Crippen molar-refractivity contribution in [2.24, 2.45) is 4.99 Å². The summed E-state index contributed by atoms with van der Waals surface area (Å²) in [5.74, 6) is 1.09. The highest BCUT2D eigenvalue weighted by Gasteiger charge is 2.13. The van der Waals surface area contributed by atoms with E-state index in [4.69, 9.17) is 0 Å². The number of benzene rings is 1. The van der Waals surface area contributed by atoms with Crippen LogP contribution in [0.3, 0.4) is 0 Å². The summed E-state index contributed by atoms with van der Waals surface area (Å²) in [4.78, 5) is 11.9. The van der Waals surface area contributed by atoms with Crippen molar-refractivity contribution in [1.82, 2.24) is 9.97 Å². The molecule has 3 nitrogen and oxygen atoms in total. The van der Waals surface area contributed by atoms with Crippen molar-refractivity contribution < 1.29 is 0 Å². The Kier molecular flexibility index (Phi) is 1.80. The highest BCUT2D eigenvalue weighted by Crippen LogP contribution is 2.23. The lowest BCUT2D eigenvalue weighted by molar-refractivity contribution is 1.17. The van der Waals surface area contributed by atoms with Crippen molar-refractivity contribution in [2.45, 2.75) is 0 Å². The molecule has 0 bridgehead atoms. The number of rotatable bonds is 1. The number of nitrogens with zero attached hydrogens (tertiary/aromatic N) is 2. The largest absolute Gasteiger partial charge is 0.345 e. The second kappa shape index (κ2) is 3.13. The number of hydrogen-bond acceptors (Lipinski definition) is 3.